The van der Waals surface area contributed by atoms with Crippen LogP contribution < -0.4 is 15.4 Å². The van der Waals surface area contributed by atoms with Crippen molar-refractivity contribution in [1.29, 1.82) is 0 Å². The molecule has 1 aliphatic carbocycles. The van der Waals surface area contributed by atoms with Gasteiger partial charge in [0.15, 0.2) is 0 Å². The molecule has 7 heteroatoms. The molecule has 2 fully saturated rings. The predicted octanol–water partition coefficient (Wildman–Crippen LogP) is 2.98. The van der Waals surface area contributed by atoms with Crippen LogP contribution in [0.4, 0.5) is 0 Å². The van der Waals surface area contributed by atoms with E-state index in [2.05, 4.69) is 10.6 Å². The van der Waals surface area contributed by atoms with E-state index in [0.717, 1.165) is 36.3 Å². The average molecular weight is 452 g/mol. The largest absolute Gasteiger partial charge is 0.457 e. The molecule has 0 radical (unpaired) electrons. The number of carbonyl (C=O) groups excluding carboxylic acids is 2. The summed E-state index contributed by atoms with van der Waals surface area (Å²) in [5.41, 5.74) is 0.196. The number of aliphatic hydroxyl groups is 1. The van der Waals surface area contributed by atoms with E-state index in [1.807, 2.05) is 59.5 Å². The minimum absolute atomic E-state index is 0.0715. The number of para-hydroxylation sites is 1. The second-order valence-corrected chi connectivity index (χ2v) is 9.11. The molecule has 2 aromatic carbocycles. The predicted molar refractivity (Wildman–Crippen MR) is 126 cm³/mol. The van der Waals surface area contributed by atoms with E-state index in [4.69, 9.17) is 4.74 Å². The van der Waals surface area contributed by atoms with Crippen LogP contribution in [0.5, 0.6) is 11.5 Å². The van der Waals surface area contributed by atoms with Crippen LogP contribution in [0.3, 0.4) is 0 Å². The monoisotopic (exact) mass is 451 g/mol. The lowest BCUT2D eigenvalue weighted by atomic mass is 9.85. The fraction of sp³-hybridized carbons (Fsp3) is 0.462. The number of rotatable bonds is 8. The number of ether oxygens (including phenoxy) is 1. The summed E-state index contributed by atoms with van der Waals surface area (Å²) in [6.45, 7) is 2.01. The first kappa shape index (κ1) is 23.3. The van der Waals surface area contributed by atoms with Crippen LogP contribution >= 0.6 is 0 Å². The number of hydrogen-bond donors (Lipinski definition) is 3. The van der Waals surface area contributed by atoms with Gasteiger partial charge in [-0.3, -0.25) is 14.5 Å². The van der Waals surface area contributed by atoms with Crippen LogP contribution in [-0.4, -0.2) is 53.1 Å². The van der Waals surface area contributed by atoms with Crippen LogP contribution in [0.15, 0.2) is 54.6 Å². The molecule has 1 heterocycles. The first-order valence-corrected chi connectivity index (χ1v) is 11.8. The van der Waals surface area contributed by atoms with E-state index in [0.29, 0.717) is 32.5 Å². The third-order valence-corrected chi connectivity index (χ3v) is 6.48. The molecule has 176 valence electrons. The fourth-order valence-corrected chi connectivity index (χ4v) is 4.64. The van der Waals surface area contributed by atoms with Crippen molar-refractivity contribution in [2.45, 2.75) is 56.7 Å². The fourth-order valence-electron chi connectivity index (χ4n) is 4.64. The van der Waals surface area contributed by atoms with Crippen molar-refractivity contribution in [3.8, 4) is 11.5 Å². The van der Waals surface area contributed by atoms with Gasteiger partial charge in [-0.25, -0.2) is 0 Å². The number of piperazine rings is 1. The highest BCUT2D eigenvalue weighted by molar-refractivity contribution is 5.88. The molecule has 0 aromatic heterocycles. The molecular formula is C26H33N3O4. The van der Waals surface area contributed by atoms with Gasteiger partial charge in [-0.2, -0.15) is 0 Å². The zero-order valence-corrected chi connectivity index (χ0v) is 19.0. The van der Waals surface area contributed by atoms with Gasteiger partial charge in [0.25, 0.3) is 0 Å². The Labute approximate surface area is 195 Å². The lowest BCUT2D eigenvalue weighted by Crippen LogP contribution is -2.56. The van der Waals surface area contributed by atoms with Crippen molar-refractivity contribution in [3.05, 3.63) is 60.2 Å². The molecule has 2 aliphatic rings. The zero-order chi connectivity index (χ0) is 23.1. The van der Waals surface area contributed by atoms with Gasteiger partial charge in [0.1, 0.15) is 11.5 Å². The zero-order valence-electron chi connectivity index (χ0n) is 19.0. The Morgan fingerprint density at radius 1 is 1.09 bits per heavy atom. The van der Waals surface area contributed by atoms with Crippen LogP contribution in [-0.2, 0) is 16.1 Å². The first-order chi connectivity index (χ1) is 16.0. The van der Waals surface area contributed by atoms with E-state index in [-0.39, 0.29) is 24.8 Å². The van der Waals surface area contributed by atoms with E-state index in [1.54, 1.807) is 0 Å². The molecule has 0 bridgehead atoms. The number of hydrogen-bond acceptors (Lipinski definition) is 5. The van der Waals surface area contributed by atoms with Gasteiger partial charge in [-0.15, -0.1) is 0 Å². The van der Waals surface area contributed by atoms with E-state index >= 15 is 0 Å². The van der Waals surface area contributed by atoms with Crippen molar-refractivity contribution < 1.29 is 19.4 Å². The third kappa shape index (κ3) is 6.55. The van der Waals surface area contributed by atoms with Crippen LogP contribution in [0.25, 0.3) is 0 Å². The topological polar surface area (TPSA) is 90.9 Å². The quantitative estimate of drug-likeness (QED) is 0.574. The highest BCUT2D eigenvalue weighted by Gasteiger charge is 2.33. The maximum absolute atomic E-state index is 12.6. The lowest BCUT2D eigenvalue weighted by molar-refractivity contribution is -0.134. The molecule has 33 heavy (non-hydrogen) atoms. The number of nitrogens with zero attached hydrogens (tertiary/aromatic N) is 1. The molecule has 1 saturated heterocycles. The van der Waals surface area contributed by atoms with Gasteiger partial charge in [-0.05, 0) is 42.7 Å². The van der Waals surface area contributed by atoms with Gasteiger partial charge in [0, 0.05) is 26.2 Å². The Bertz CT molecular complexity index is 944. The Hall–Kier alpha value is -2.90. The molecular weight excluding hydrogens is 418 g/mol. The van der Waals surface area contributed by atoms with E-state index in [1.165, 1.54) is 0 Å². The smallest absolute Gasteiger partial charge is 0.237 e. The van der Waals surface area contributed by atoms with Crippen LogP contribution in [0.1, 0.15) is 44.1 Å². The minimum Gasteiger partial charge on any atom is -0.457 e. The summed E-state index contributed by atoms with van der Waals surface area (Å²) in [4.78, 5) is 27.3. The molecule has 1 aliphatic heterocycles. The maximum Gasteiger partial charge on any atom is 0.237 e. The van der Waals surface area contributed by atoms with Gasteiger partial charge in [-0.1, -0.05) is 49.6 Å². The molecule has 7 nitrogen and oxygen atoms in total. The summed E-state index contributed by atoms with van der Waals surface area (Å²) >= 11 is 0. The van der Waals surface area contributed by atoms with E-state index in [9.17, 15) is 14.7 Å². The van der Waals surface area contributed by atoms with Gasteiger partial charge >= 0.3 is 0 Å². The summed E-state index contributed by atoms with van der Waals surface area (Å²) in [5.74, 6) is 1.16. The Kier molecular flexibility index (Phi) is 7.62. The number of nitrogens with one attached hydrogen (secondary N) is 2. The first-order valence-electron chi connectivity index (χ1n) is 11.8. The van der Waals surface area contributed by atoms with Crippen molar-refractivity contribution >= 4 is 11.8 Å². The number of benzene rings is 2. The molecule has 1 saturated carbocycles. The SMILES string of the molecule is O=C(C[C@H]1C(=O)NCCN1Cc1cccc(Oc2ccccc2)c1)NCC1(O)CCCCC1. The highest BCUT2D eigenvalue weighted by Crippen LogP contribution is 2.27. The molecule has 1 atom stereocenters. The molecule has 4 rings (SSSR count). The van der Waals surface area contributed by atoms with Crippen LogP contribution in [0.2, 0.25) is 0 Å². The Morgan fingerprint density at radius 2 is 1.85 bits per heavy atom. The average Bonchev–Trinajstić information content (AvgIpc) is 2.82. The molecule has 3 N–H and O–H groups in total. The highest BCUT2D eigenvalue weighted by atomic mass is 16.5. The van der Waals surface area contributed by atoms with Crippen molar-refractivity contribution in [2.75, 3.05) is 19.6 Å². The summed E-state index contributed by atoms with van der Waals surface area (Å²) in [7, 11) is 0. The Balaban J connectivity index is 1.36. The van der Waals surface area contributed by atoms with Crippen LogP contribution in [0, 0.1) is 0 Å². The van der Waals surface area contributed by atoms with Gasteiger partial charge in [0.2, 0.25) is 11.8 Å². The Morgan fingerprint density at radius 3 is 2.64 bits per heavy atom. The number of carbonyl (C=O) groups is 2. The summed E-state index contributed by atoms with van der Waals surface area (Å²) < 4.78 is 5.93. The summed E-state index contributed by atoms with van der Waals surface area (Å²) in [5, 5.41) is 16.4. The van der Waals surface area contributed by atoms with Crippen molar-refractivity contribution in [2.24, 2.45) is 0 Å². The minimum atomic E-state index is -0.818. The molecule has 2 aromatic rings. The molecule has 2 amide bonds. The summed E-state index contributed by atoms with van der Waals surface area (Å²) in [6, 6.07) is 16.9. The van der Waals surface area contributed by atoms with Gasteiger partial charge < -0.3 is 20.5 Å². The second-order valence-electron chi connectivity index (χ2n) is 9.11. The van der Waals surface area contributed by atoms with Crippen molar-refractivity contribution in [3.63, 3.8) is 0 Å². The molecule has 0 unspecified atom stereocenters. The summed E-state index contributed by atoms with van der Waals surface area (Å²) in [6.07, 6.45) is 4.60. The van der Waals surface area contributed by atoms with E-state index < -0.39 is 11.6 Å². The number of amides is 2. The van der Waals surface area contributed by atoms with Crippen molar-refractivity contribution in [1.82, 2.24) is 15.5 Å². The second kappa shape index (κ2) is 10.8. The van der Waals surface area contributed by atoms with Gasteiger partial charge in [0.05, 0.1) is 18.1 Å². The normalized spacial score (nSPS) is 20.6. The maximum atomic E-state index is 12.6. The standard InChI is InChI=1S/C26H33N3O4/c30-24(28-19-26(32)12-5-2-6-13-26)17-23-25(31)27-14-15-29(23)18-20-8-7-11-22(16-20)33-21-9-3-1-4-10-21/h1,3-4,7-11,16,23,32H,2,5-6,12-15,17-19H2,(H,27,31)(H,28,30)/t23-/m0/s1. The molecule has 0 spiro atoms. The lowest BCUT2D eigenvalue weighted by Gasteiger charge is -2.35. The third-order valence-electron chi connectivity index (χ3n) is 6.48.